The first-order valence-electron chi connectivity index (χ1n) is 4.98. The van der Waals surface area contributed by atoms with E-state index in [0.717, 1.165) is 4.90 Å². The van der Waals surface area contributed by atoms with Gasteiger partial charge in [0.1, 0.15) is 16.0 Å². The highest BCUT2D eigenvalue weighted by molar-refractivity contribution is 7.99. The zero-order valence-electron chi connectivity index (χ0n) is 9.33. The number of benzene rings is 1. The Morgan fingerprint density at radius 2 is 1.94 bits per heavy atom. The standard InChI is InChI=1S/C11H8ClN3O2S/c1-7-13-10(12)6-11(14-7)18-9-4-2-8(3-5-9)15(16)17/h2-6H,1H3. The molecule has 0 bridgehead atoms. The molecule has 1 aromatic heterocycles. The van der Waals surface area contributed by atoms with Crippen LogP contribution in [0.15, 0.2) is 40.3 Å². The molecule has 0 unspecified atom stereocenters. The lowest BCUT2D eigenvalue weighted by Crippen LogP contribution is -1.90. The summed E-state index contributed by atoms with van der Waals surface area (Å²) in [5, 5.41) is 11.6. The number of hydrogen-bond acceptors (Lipinski definition) is 5. The van der Waals surface area contributed by atoms with Gasteiger partial charge in [0.15, 0.2) is 0 Å². The number of nitro benzene ring substituents is 1. The van der Waals surface area contributed by atoms with Crippen LogP contribution in [0.3, 0.4) is 0 Å². The SMILES string of the molecule is Cc1nc(Cl)cc(Sc2ccc([N+](=O)[O-])cc2)n1. The molecule has 92 valence electrons. The molecule has 0 aliphatic carbocycles. The summed E-state index contributed by atoms with van der Waals surface area (Å²) < 4.78 is 0. The van der Waals surface area contributed by atoms with Crippen molar-refractivity contribution < 1.29 is 4.92 Å². The fourth-order valence-corrected chi connectivity index (χ4v) is 2.47. The molecule has 5 nitrogen and oxygen atoms in total. The molecule has 0 fully saturated rings. The third kappa shape index (κ3) is 3.18. The lowest BCUT2D eigenvalue weighted by molar-refractivity contribution is -0.384. The normalized spacial score (nSPS) is 10.3. The van der Waals surface area contributed by atoms with Crippen LogP contribution < -0.4 is 0 Å². The third-order valence-corrected chi connectivity index (χ3v) is 3.17. The van der Waals surface area contributed by atoms with E-state index in [0.29, 0.717) is 16.0 Å². The Morgan fingerprint density at radius 3 is 2.50 bits per heavy atom. The molecule has 0 N–H and O–H groups in total. The van der Waals surface area contributed by atoms with Gasteiger partial charge in [-0.3, -0.25) is 10.1 Å². The summed E-state index contributed by atoms with van der Waals surface area (Å²) in [5.74, 6) is 0.590. The van der Waals surface area contributed by atoms with Gasteiger partial charge in [-0.05, 0) is 19.1 Å². The Balaban J connectivity index is 2.20. The van der Waals surface area contributed by atoms with Crippen molar-refractivity contribution in [2.45, 2.75) is 16.8 Å². The fraction of sp³-hybridized carbons (Fsp3) is 0.0909. The second kappa shape index (κ2) is 5.32. The first-order valence-corrected chi connectivity index (χ1v) is 6.17. The van der Waals surface area contributed by atoms with Crippen LogP contribution in [0, 0.1) is 17.0 Å². The van der Waals surface area contributed by atoms with Crippen molar-refractivity contribution in [2.24, 2.45) is 0 Å². The van der Waals surface area contributed by atoms with Gasteiger partial charge in [-0.1, -0.05) is 23.4 Å². The quantitative estimate of drug-likeness (QED) is 0.489. The number of aromatic nitrogens is 2. The van der Waals surface area contributed by atoms with E-state index in [1.165, 1.54) is 23.9 Å². The van der Waals surface area contributed by atoms with Gasteiger partial charge < -0.3 is 0 Å². The van der Waals surface area contributed by atoms with Crippen molar-refractivity contribution >= 4 is 29.1 Å². The minimum Gasteiger partial charge on any atom is -0.258 e. The third-order valence-electron chi connectivity index (χ3n) is 2.05. The van der Waals surface area contributed by atoms with E-state index < -0.39 is 4.92 Å². The van der Waals surface area contributed by atoms with Crippen LogP contribution in [0.5, 0.6) is 0 Å². The molecule has 0 amide bonds. The van der Waals surface area contributed by atoms with Crippen molar-refractivity contribution in [1.82, 2.24) is 9.97 Å². The Morgan fingerprint density at radius 1 is 1.28 bits per heavy atom. The Kier molecular flexibility index (Phi) is 3.78. The highest BCUT2D eigenvalue weighted by Crippen LogP contribution is 2.28. The van der Waals surface area contributed by atoms with E-state index in [9.17, 15) is 10.1 Å². The lowest BCUT2D eigenvalue weighted by atomic mass is 10.3. The maximum Gasteiger partial charge on any atom is 0.269 e. The van der Waals surface area contributed by atoms with Gasteiger partial charge in [-0.2, -0.15) is 0 Å². The second-order valence-corrected chi connectivity index (χ2v) is 4.91. The molecule has 1 heterocycles. The van der Waals surface area contributed by atoms with E-state index in [1.54, 1.807) is 25.1 Å². The average Bonchev–Trinajstić information content (AvgIpc) is 2.28. The molecular weight excluding hydrogens is 274 g/mol. The van der Waals surface area contributed by atoms with Crippen molar-refractivity contribution in [3.05, 3.63) is 51.4 Å². The molecule has 2 rings (SSSR count). The molecule has 0 radical (unpaired) electrons. The minimum absolute atomic E-state index is 0.0660. The maximum absolute atomic E-state index is 10.5. The highest BCUT2D eigenvalue weighted by atomic mass is 35.5. The van der Waals surface area contributed by atoms with E-state index >= 15 is 0 Å². The van der Waals surface area contributed by atoms with Gasteiger partial charge in [0, 0.05) is 23.1 Å². The molecule has 18 heavy (non-hydrogen) atoms. The summed E-state index contributed by atoms with van der Waals surface area (Å²) in [7, 11) is 0. The number of rotatable bonds is 3. The van der Waals surface area contributed by atoms with Crippen LogP contribution in [0.1, 0.15) is 5.82 Å². The van der Waals surface area contributed by atoms with E-state index in [1.807, 2.05) is 0 Å². The molecular formula is C11H8ClN3O2S. The number of hydrogen-bond donors (Lipinski definition) is 0. The fourth-order valence-electron chi connectivity index (χ4n) is 1.31. The highest BCUT2D eigenvalue weighted by Gasteiger charge is 2.06. The smallest absolute Gasteiger partial charge is 0.258 e. The average molecular weight is 282 g/mol. The number of non-ortho nitro benzene ring substituents is 1. The Bertz CT molecular complexity index is 569. The lowest BCUT2D eigenvalue weighted by Gasteiger charge is -2.02. The van der Waals surface area contributed by atoms with Gasteiger partial charge in [0.2, 0.25) is 0 Å². The van der Waals surface area contributed by atoms with Crippen molar-refractivity contribution in [3.63, 3.8) is 0 Å². The first kappa shape index (κ1) is 12.8. The van der Waals surface area contributed by atoms with E-state index in [2.05, 4.69) is 9.97 Å². The van der Waals surface area contributed by atoms with Crippen molar-refractivity contribution in [2.75, 3.05) is 0 Å². The van der Waals surface area contributed by atoms with Crippen LogP contribution in [-0.4, -0.2) is 14.9 Å². The number of nitro groups is 1. The summed E-state index contributed by atoms with van der Waals surface area (Å²) in [6.07, 6.45) is 0. The molecule has 0 spiro atoms. The van der Waals surface area contributed by atoms with Crippen LogP contribution >= 0.6 is 23.4 Å². The largest absolute Gasteiger partial charge is 0.269 e. The molecule has 0 aliphatic rings. The molecule has 0 atom stereocenters. The Hall–Kier alpha value is -1.66. The van der Waals surface area contributed by atoms with Gasteiger partial charge in [-0.25, -0.2) is 9.97 Å². The molecule has 7 heteroatoms. The monoisotopic (exact) mass is 281 g/mol. The Labute approximate surface area is 112 Å². The molecule has 2 aromatic rings. The van der Waals surface area contributed by atoms with Gasteiger partial charge in [0.05, 0.1) is 4.92 Å². The van der Waals surface area contributed by atoms with Crippen molar-refractivity contribution in [1.29, 1.82) is 0 Å². The number of nitrogens with zero attached hydrogens (tertiary/aromatic N) is 3. The number of halogens is 1. The molecule has 1 aromatic carbocycles. The van der Waals surface area contributed by atoms with Crippen LogP contribution in [0.4, 0.5) is 5.69 Å². The molecule has 0 saturated carbocycles. The topological polar surface area (TPSA) is 68.9 Å². The van der Waals surface area contributed by atoms with Crippen LogP contribution in [0.2, 0.25) is 5.15 Å². The summed E-state index contributed by atoms with van der Waals surface area (Å²) in [4.78, 5) is 19.1. The predicted octanol–water partition coefficient (Wildman–Crippen LogP) is 3.50. The zero-order valence-corrected chi connectivity index (χ0v) is 10.9. The van der Waals surface area contributed by atoms with Gasteiger partial charge >= 0.3 is 0 Å². The summed E-state index contributed by atoms with van der Waals surface area (Å²) in [6, 6.07) is 7.92. The van der Waals surface area contributed by atoms with E-state index in [4.69, 9.17) is 11.6 Å². The minimum atomic E-state index is -0.430. The first-order chi connectivity index (χ1) is 8.54. The van der Waals surface area contributed by atoms with Gasteiger partial charge in [0.25, 0.3) is 5.69 Å². The van der Waals surface area contributed by atoms with Crippen LogP contribution in [-0.2, 0) is 0 Å². The summed E-state index contributed by atoms with van der Waals surface area (Å²) in [6.45, 7) is 1.76. The maximum atomic E-state index is 10.5. The zero-order chi connectivity index (χ0) is 13.1. The number of aryl methyl sites for hydroxylation is 1. The summed E-state index contributed by atoms with van der Waals surface area (Å²) >= 11 is 7.21. The summed E-state index contributed by atoms with van der Waals surface area (Å²) in [5.41, 5.74) is 0.0660. The van der Waals surface area contributed by atoms with Gasteiger partial charge in [-0.15, -0.1) is 0 Å². The van der Waals surface area contributed by atoms with Crippen molar-refractivity contribution in [3.8, 4) is 0 Å². The molecule has 0 aliphatic heterocycles. The predicted molar refractivity (Wildman–Crippen MR) is 69.0 cm³/mol. The van der Waals surface area contributed by atoms with E-state index in [-0.39, 0.29) is 5.69 Å². The van der Waals surface area contributed by atoms with Crippen LogP contribution in [0.25, 0.3) is 0 Å². The second-order valence-electron chi connectivity index (χ2n) is 3.43. The molecule has 0 saturated heterocycles.